The van der Waals surface area contributed by atoms with Gasteiger partial charge in [0.05, 0.1) is 7.11 Å². The van der Waals surface area contributed by atoms with Gasteiger partial charge in [-0.05, 0) is 24.3 Å². The van der Waals surface area contributed by atoms with Gasteiger partial charge in [-0.2, -0.15) is 0 Å². The lowest BCUT2D eigenvalue weighted by atomic mass is 10.3. The van der Waals surface area contributed by atoms with Crippen molar-refractivity contribution >= 4 is 5.96 Å². The van der Waals surface area contributed by atoms with Crippen LogP contribution in [0.1, 0.15) is 18.4 Å². The first-order chi connectivity index (χ1) is 8.81. The van der Waals surface area contributed by atoms with Crippen LogP contribution in [-0.4, -0.2) is 31.6 Å². The minimum Gasteiger partial charge on any atom is -0.481 e. The third-order valence-corrected chi connectivity index (χ3v) is 2.95. The van der Waals surface area contributed by atoms with Gasteiger partial charge >= 0.3 is 0 Å². The predicted molar refractivity (Wildman–Crippen MR) is 71.7 cm³/mol. The summed E-state index contributed by atoms with van der Waals surface area (Å²) >= 11 is 0. The van der Waals surface area contributed by atoms with Crippen LogP contribution in [0.15, 0.2) is 23.3 Å². The molecule has 0 aromatic carbocycles. The molecule has 1 saturated carbocycles. The van der Waals surface area contributed by atoms with Crippen molar-refractivity contribution in [3.8, 4) is 5.88 Å². The molecule has 5 heteroatoms. The van der Waals surface area contributed by atoms with E-state index in [9.17, 15) is 0 Å². The lowest BCUT2D eigenvalue weighted by Crippen LogP contribution is -2.37. The SMILES string of the molecule is CN=C(NCc1ccc(OC)nc1)NCC1CC1. The molecule has 0 radical (unpaired) electrons. The number of pyridine rings is 1. The van der Waals surface area contributed by atoms with Crippen LogP contribution in [0.25, 0.3) is 0 Å². The largest absolute Gasteiger partial charge is 0.481 e. The molecular formula is C13H20N4O. The van der Waals surface area contributed by atoms with Gasteiger partial charge in [0, 0.05) is 32.4 Å². The standard InChI is InChI=1S/C13H20N4O/c1-14-13(16-7-10-3-4-10)17-9-11-5-6-12(18-2)15-8-11/h5-6,8,10H,3-4,7,9H2,1-2H3,(H2,14,16,17). The van der Waals surface area contributed by atoms with Gasteiger partial charge in [0.15, 0.2) is 5.96 Å². The highest BCUT2D eigenvalue weighted by molar-refractivity contribution is 5.79. The Hall–Kier alpha value is -1.78. The first-order valence-corrected chi connectivity index (χ1v) is 6.25. The maximum Gasteiger partial charge on any atom is 0.212 e. The fraction of sp³-hybridized carbons (Fsp3) is 0.538. The summed E-state index contributed by atoms with van der Waals surface area (Å²) in [5.74, 6) is 2.32. The van der Waals surface area contributed by atoms with Gasteiger partial charge in [-0.1, -0.05) is 6.07 Å². The lowest BCUT2D eigenvalue weighted by molar-refractivity contribution is 0.397. The summed E-state index contributed by atoms with van der Waals surface area (Å²) in [6.07, 6.45) is 4.48. The van der Waals surface area contributed by atoms with Crippen LogP contribution in [0, 0.1) is 5.92 Å². The van der Waals surface area contributed by atoms with Gasteiger partial charge in [0.25, 0.3) is 0 Å². The molecule has 1 aliphatic rings. The number of aliphatic imine (C=N–C) groups is 1. The second kappa shape index (κ2) is 6.23. The smallest absolute Gasteiger partial charge is 0.212 e. The molecule has 2 N–H and O–H groups in total. The van der Waals surface area contributed by atoms with Gasteiger partial charge in [-0.15, -0.1) is 0 Å². The van der Waals surface area contributed by atoms with E-state index in [-0.39, 0.29) is 0 Å². The highest BCUT2D eigenvalue weighted by Gasteiger charge is 2.20. The van der Waals surface area contributed by atoms with Crippen LogP contribution in [-0.2, 0) is 6.54 Å². The molecule has 1 aliphatic carbocycles. The highest BCUT2D eigenvalue weighted by Crippen LogP contribution is 2.27. The maximum absolute atomic E-state index is 5.02. The summed E-state index contributed by atoms with van der Waals surface area (Å²) in [7, 11) is 3.40. The monoisotopic (exact) mass is 248 g/mol. The minimum absolute atomic E-state index is 0.634. The summed E-state index contributed by atoms with van der Waals surface area (Å²) < 4.78 is 5.02. The Morgan fingerprint density at radius 2 is 2.28 bits per heavy atom. The van der Waals surface area contributed by atoms with Gasteiger partial charge in [0.1, 0.15) is 0 Å². The van der Waals surface area contributed by atoms with Crippen molar-refractivity contribution in [2.45, 2.75) is 19.4 Å². The average molecular weight is 248 g/mol. The van der Waals surface area contributed by atoms with Crippen molar-refractivity contribution in [1.82, 2.24) is 15.6 Å². The van der Waals surface area contributed by atoms with Crippen LogP contribution in [0.3, 0.4) is 0 Å². The Bertz CT molecular complexity index is 398. The van der Waals surface area contributed by atoms with Crippen molar-refractivity contribution < 1.29 is 4.74 Å². The molecule has 0 spiro atoms. The fourth-order valence-corrected chi connectivity index (χ4v) is 1.61. The number of rotatable bonds is 5. The molecular weight excluding hydrogens is 228 g/mol. The molecule has 1 fully saturated rings. The van der Waals surface area contributed by atoms with Crippen molar-refractivity contribution in [2.24, 2.45) is 10.9 Å². The molecule has 98 valence electrons. The van der Waals surface area contributed by atoms with Crippen molar-refractivity contribution in [3.05, 3.63) is 23.9 Å². The molecule has 1 aromatic rings. The van der Waals surface area contributed by atoms with E-state index < -0.39 is 0 Å². The number of nitrogens with zero attached hydrogens (tertiary/aromatic N) is 2. The molecule has 0 bridgehead atoms. The zero-order valence-electron chi connectivity index (χ0n) is 10.9. The third-order valence-electron chi connectivity index (χ3n) is 2.95. The van der Waals surface area contributed by atoms with Gasteiger partial charge in [0.2, 0.25) is 5.88 Å². The summed E-state index contributed by atoms with van der Waals surface area (Å²) in [6, 6.07) is 3.85. The van der Waals surface area contributed by atoms with Crippen LogP contribution in [0.2, 0.25) is 0 Å². The summed E-state index contributed by atoms with van der Waals surface area (Å²) in [5, 5.41) is 6.58. The first kappa shape index (κ1) is 12.7. The number of hydrogen-bond acceptors (Lipinski definition) is 3. The normalized spacial score (nSPS) is 15.3. The van der Waals surface area contributed by atoms with Crippen LogP contribution in [0.4, 0.5) is 0 Å². The summed E-state index contributed by atoms with van der Waals surface area (Å²) in [5.41, 5.74) is 1.10. The molecule has 0 saturated heterocycles. The number of aromatic nitrogens is 1. The minimum atomic E-state index is 0.634. The Morgan fingerprint density at radius 1 is 1.44 bits per heavy atom. The van der Waals surface area contributed by atoms with Crippen LogP contribution in [0.5, 0.6) is 5.88 Å². The number of guanidine groups is 1. The van der Waals surface area contributed by atoms with Gasteiger partial charge in [-0.3, -0.25) is 4.99 Å². The fourth-order valence-electron chi connectivity index (χ4n) is 1.61. The van der Waals surface area contributed by atoms with Crippen molar-refractivity contribution in [1.29, 1.82) is 0 Å². The molecule has 1 aromatic heterocycles. The number of hydrogen-bond donors (Lipinski definition) is 2. The summed E-state index contributed by atoms with van der Waals surface area (Å²) in [4.78, 5) is 8.35. The molecule has 18 heavy (non-hydrogen) atoms. The van der Waals surface area contributed by atoms with Crippen molar-refractivity contribution in [3.63, 3.8) is 0 Å². The quantitative estimate of drug-likeness (QED) is 0.606. The Labute approximate surface area is 108 Å². The Morgan fingerprint density at radius 3 is 2.83 bits per heavy atom. The van der Waals surface area contributed by atoms with Crippen LogP contribution >= 0.6 is 0 Å². The lowest BCUT2D eigenvalue weighted by Gasteiger charge is -2.11. The van der Waals surface area contributed by atoms with Gasteiger partial charge < -0.3 is 15.4 Å². The van der Waals surface area contributed by atoms with E-state index in [0.29, 0.717) is 12.4 Å². The van der Waals surface area contributed by atoms with E-state index in [4.69, 9.17) is 4.74 Å². The van der Waals surface area contributed by atoms with E-state index in [2.05, 4.69) is 20.6 Å². The van der Waals surface area contributed by atoms with E-state index in [0.717, 1.165) is 24.0 Å². The second-order valence-corrected chi connectivity index (χ2v) is 4.46. The molecule has 0 unspecified atom stereocenters. The zero-order chi connectivity index (χ0) is 12.8. The molecule has 0 aliphatic heterocycles. The molecule has 1 heterocycles. The zero-order valence-corrected chi connectivity index (χ0v) is 10.9. The Balaban J connectivity index is 1.77. The average Bonchev–Trinajstić information content (AvgIpc) is 3.24. The predicted octanol–water partition coefficient (Wildman–Crippen LogP) is 1.17. The van der Waals surface area contributed by atoms with Crippen molar-refractivity contribution in [2.75, 3.05) is 20.7 Å². The number of ether oxygens (including phenoxy) is 1. The Kier molecular flexibility index (Phi) is 4.39. The van der Waals surface area contributed by atoms with E-state index in [1.165, 1.54) is 12.8 Å². The molecule has 5 nitrogen and oxygen atoms in total. The van der Waals surface area contributed by atoms with E-state index in [1.807, 2.05) is 12.1 Å². The number of methoxy groups -OCH3 is 1. The second-order valence-electron chi connectivity index (χ2n) is 4.46. The topological polar surface area (TPSA) is 58.5 Å². The van der Waals surface area contributed by atoms with E-state index in [1.54, 1.807) is 20.4 Å². The third kappa shape index (κ3) is 3.91. The first-order valence-electron chi connectivity index (χ1n) is 6.25. The molecule has 2 rings (SSSR count). The van der Waals surface area contributed by atoms with Crippen LogP contribution < -0.4 is 15.4 Å². The highest BCUT2D eigenvalue weighted by atomic mass is 16.5. The van der Waals surface area contributed by atoms with E-state index >= 15 is 0 Å². The molecule has 0 atom stereocenters. The maximum atomic E-state index is 5.02. The molecule has 0 amide bonds. The number of nitrogens with one attached hydrogen (secondary N) is 2. The van der Waals surface area contributed by atoms with Gasteiger partial charge in [-0.25, -0.2) is 4.98 Å². The summed E-state index contributed by atoms with van der Waals surface area (Å²) in [6.45, 7) is 1.72.